The maximum absolute atomic E-state index is 13.2. The second kappa shape index (κ2) is 2.34. The molecule has 1 N–H and O–H groups in total. The highest BCUT2D eigenvalue weighted by molar-refractivity contribution is 5.65. The van der Waals surface area contributed by atoms with Gasteiger partial charge in [-0.3, -0.25) is 0 Å². The van der Waals surface area contributed by atoms with Gasteiger partial charge in [0.15, 0.2) is 11.6 Å². The highest BCUT2D eigenvalue weighted by atomic mass is 19.1. The standard InChI is InChI=1S/C10H9FO/c1-6-4-7-2-3-9(12)10(11)8(7)5-6/h2-3,5,12H,4H2,1H3. The van der Waals surface area contributed by atoms with Crippen LogP contribution < -0.4 is 0 Å². The Kier molecular flexibility index (Phi) is 1.43. The van der Waals surface area contributed by atoms with E-state index in [1.54, 1.807) is 12.1 Å². The molecular formula is C10H9FO. The first-order valence-corrected chi connectivity index (χ1v) is 3.86. The number of allylic oxidation sites excluding steroid dienone is 1. The molecule has 0 saturated carbocycles. The molecule has 0 atom stereocenters. The number of hydrogen-bond donors (Lipinski definition) is 1. The molecule has 0 heterocycles. The second-order valence-corrected chi connectivity index (χ2v) is 3.14. The number of rotatable bonds is 0. The summed E-state index contributed by atoms with van der Waals surface area (Å²) in [5, 5.41) is 9.07. The summed E-state index contributed by atoms with van der Waals surface area (Å²) >= 11 is 0. The minimum Gasteiger partial charge on any atom is -0.505 e. The number of halogens is 1. The number of fused-ring (bicyclic) bond motifs is 1. The Morgan fingerprint density at radius 3 is 2.92 bits per heavy atom. The van der Waals surface area contributed by atoms with Gasteiger partial charge in [0.05, 0.1) is 0 Å². The van der Waals surface area contributed by atoms with Gasteiger partial charge in [0, 0.05) is 5.56 Å². The Balaban J connectivity index is 2.65. The Bertz CT molecular complexity index is 366. The Morgan fingerprint density at radius 1 is 1.42 bits per heavy atom. The van der Waals surface area contributed by atoms with Crippen LogP contribution in [0.25, 0.3) is 6.08 Å². The first kappa shape index (κ1) is 7.35. The summed E-state index contributed by atoms with van der Waals surface area (Å²) in [5.74, 6) is -0.760. The Hall–Kier alpha value is -1.31. The average Bonchev–Trinajstić information content (AvgIpc) is 2.39. The van der Waals surface area contributed by atoms with E-state index >= 15 is 0 Å². The quantitative estimate of drug-likeness (QED) is 0.624. The molecule has 1 aliphatic rings. The van der Waals surface area contributed by atoms with E-state index in [1.807, 2.05) is 6.92 Å². The lowest BCUT2D eigenvalue weighted by Crippen LogP contribution is -1.87. The van der Waals surface area contributed by atoms with Crippen molar-refractivity contribution in [3.8, 4) is 5.75 Å². The number of phenolic OH excluding ortho intramolecular Hbond substituents is 1. The minimum absolute atomic E-state index is 0.264. The van der Waals surface area contributed by atoms with Crippen LogP contribution in [-0.4, -0.2) is 5.11 Å². The van der Waals surface area contributed by atoms with Crippen molar-refractivity contribution in [3.05, 3.63) is 34.6 Å². The molecule has 1 aromatic carbocycles. The number of benzene rings is 1. The first-order valence-electron chi connectivity index (χ1n) is 3.86. The third kappa shape index (κ3) is 0.916. The van der Waals surface area contributed by atoms with E-state index in [0.29, 0.717) is 5.56 Å². The maximum atomic E-state index is 13.2. The number of phenols is 1. The summed E-state index contributed by atoms with van der Waals surface area (Å²) in [6.45, 7) is 1.95. The van der Waals surface area contributed by atoms with Gasteiger partial charge in [-0.25, -0.2) is 4.39 Å². The number of aromatic hydroxyl groups is 1. The molecule has 2 heteroatoms. The van der Waals surface area contributed by atoms with E-state index in [1.165, 1.54) is 6.07 Å². The van der Waals surface area contributed by atoms with Crippen molar-refractivity contribution in [2.75, 3.05) is 0 Å². The first-order chi connectivity index (χ1) is 5.68. The highest BCUT2D eigenvalue weighted by Crippen LogP contribution is 2.31. The van der Waals surface area contributed by atoms with Crippen LogP contribution in [0.5, 0.6) is 5.75 Å². The van der Waals surface area contributed by atoms with E-state index in [4.69, 9.17) is 5.11 Å². The molecular weight excluding hydrogens is 155 g/mol. The molecule has 0 aromatic heterocycles. The molecule has 0 unspecified atom stereocenters. The third-order valence-electron chi connectivity index (χ3n) is 2.11. The lowest BCUT2D eigenvalue weighted by Gasteiger charge is -2.00. The van der Waals surface area contributed by atoms with Crippen molar-refractivity contribution in [2.24, 2.45) is 0 Å². The topological polar surface area (TPSA) is 20.2 Å². The van der Waals surface area contributed by atoms with Gasteiger partial charge >= 0.3 is 0 Å². The van der Waals surface area contributed by atoms with Crippen LogP contribution >= 0.6 is 0 Å². The summed E-state index contributed by atoms with van der Waals surface area (Å²) < 4.78 is 13.2. The van der Waals surface area contributed by atoms with Crippen LogP contribution in [0.4, 0.5) is 4.39 Å². The zero-order chi connectivity index (χ0) is 8.72. The highest BCUT2D eigenvalue weighted by Gasteiger charge is 2.15. The normalized spacial score (nSPS) is 14.3. The van der Waals surface area contributed by atoms with Gasteiger partial charge in [0.2, 0.25) is 0 Å². The largest absolute Gasteiger partial charge is 0.505 e. The maximum Gasteiger partial charge on any atom is 0.172 e. The van der Waals surface area contributed by atoms with Gasteiger partial charge in [0.1, 0.15) is 0 Å². The van der Waals surface area contributed by atoms with Crippen molar-refractivity contribution in [1.82, 2.24) is 0 Å². The lowest BCUT2D eigenvalue weighted by molar-refractivity contribution is 0.431. The SMILES string of the molecule is CC1=Cc2c(ccc(O)c2F)C1. The smallest absolute Gasteiger partial charge is 0.172 e. The third-order valence-corrected chi connectivity index (χ3v) is 2.11. The van der Waals surface area contributed by atoms with Crippen LogP contribution in [0.1, 0.15) is 18.1 Å². The molecule has 0 spiro atoms. The molecule has 0 bridgehead atoms. The summed E-state index contributed by atoms with van der Waals surface area (Å²) in [5.41, 5.74) is 2.64. The zero-order valence-electron chi connectivity index (χ0n) is 6.76. The van der Waals surface area contributed by atoms with Crippen molar-refractivity contribution in [1.29, 1.82) is 0 Å². The van der Waals surface area contributed by atoms with Crippen LogP contribution in [-0.2, 0) is 6.42 Å². The van der Waals surface area contributed by atoms with Gasteiger partial charge in [-0.2, -0.15) is 0 Å². The van der Waals surface area contributed by atoms with Crippen LogP contribution in [0.2, 0.25) is 0 Å². The van der Waals surface area contributed by atoms with E-state index in [-0.39, 0.29) is 5.75 Å². The Morgan fingerprint density at radius 2 is 2.17 bits per heavy atom. The zero-order valence-corrected chi connectivity index (χ0v) is 6.76. The Labute approximate surface area is 70.2 Å². The molecule has 1 aliphatic carbocycles. The van der Waals surface area contributed by atoms with Gasteiger partial charge in [0.25, 0.3) is 0 Å². The van der Waals surface area contributed by atoms with Crippen LogP contribution in [0.15, 0.2) is 17.7 Å². The summed E-state index contributed by atoms with van der Waals surface area (Å²) in [6.07, 6.45) is 2.58. The van der Waals surface area contributed by atoms with Crippen molar-refractivity contribution in [2.45, 2.75) is 13.3 Å². The summed E-state index contributed by atoms with van der Waals surface area (Å²) in [6, 6.07) is 3.17. The lowest BCUT2D eigenvalue weighted by atomic mass is 10.1. The molecule has 62 valence electrons. The van der Waals surface area contributed by atoms with E-state index < -0.39 is 5.82 Å². The number of hydrogen-bond acceptors (Lipinski definition) is 1. The monoisotopic (exact) mass is 164 g/mol. The van der Waals surface area contributed by atoms with E-state index in [0.717, 1.165) is 17.6 Å². The van der Waals surface area contributed by atoms with Gasteiger partial charge in [-0.15, -0.1) is 0 Å². The van der Waals surface area contributed by atoms with Crippen molar-refractivity contribution < 1.29 is 9.50 Å². The summed E-state index contributed by atoms with van der Waals surface area (Å²) in [4.78, 5) is 0. The molecule has 0 amide bonds. The predicted octanol–water partition coefficient (Wildman–Crippen LogP) is 2.49. The molecule has 0 aliphatic heterocycles. The fraction of sp³-hybridized carbons (Fsp3) is 0.200. The van der Waals surface area contributed by atoms with Gasteiger partial charge in [-0.05, 0) is 25.0 Å². The van der Waals surface area contributed by atoms with Crippen molar-refractivity contribution in [3.63, 3.8) is 0 Å². The molecule has 12 heavy (non-hydrogen) atoms. The predicted molar refractivity (Wildman–Crippen MR) is 45.4 cm³/mol. The molecule has 1 aromatic rings. The molecule has 1 nitrogen and oxygen atoms in total. The van der Waals surface area contributed by atoms with Crippen molar-refractivity contribution >= 4 is 6.08 Å². The van der Waals surface area contributed by atoms with E-state index in [9.17, 15) is 4.39 Å². The fourth-order valence-corrected chi connectivity index (χ4v) is 1.53. The molecule has 2 rings (SSSR count). The van der Waals surface area contributed by atoms with Crippen LogP contribution in [0.3, 0.4) is 0 Å². The van der Waals surface area contributed by atoms with E-state index in [2.05, 4.69) is 0 Å². The summed E-state index contributed by atoms with van der Waals surface area (Å²) in [7, 11) is 0. The molecule has 0 saturated heterocycles. The molecule has 0 radical (unpaired) electrons. The minimum atomic E-state index is -0.496. The van der Waals surface area contributed by atoms with Gasteiger partial charge < -0.3 is 5.11 Å². The van der Waals surface area contributed by atoms with Gasteiger partial charge in [-0.1, -0.05) is 17.7 Å². The fourth-order valence-electron chi connectivity index (χ4n) is 1.53. The molecule has 0 fully saturated rings. The average molecular weight is 164 g/mol. The van der Waals surface area contributed by atoms with Crippen LogP contribution in [0, 0.1) is 5.82 Å². The second-order valence-electron chi connectivity index (χ2n) is 3.14.